The monoisotopic (exact) mass is 176 g/mol. The van der Waals surface area contributed by atoms with Crippen LogP contribution in [0.15, 0.2) is 0 Å². The molecular weight excluding hydrogens is 170 g/mol. The third kappa shape index (κ3) is 4.78. The van der Waals surface area contributed by atoms with Crippen LogP contribution in [0.25, 0.3) is 0 Å². The highest BCUT2D eigenvalue weighted by Crippen LogP contribution is 2.19. The van der Waals surface area contributed by atoms with Crippen molar-refractivity contribution in [3.05, 3.63) is 0 Å². The van der Waals surface area contributed by atoms with E-state index in [1.54, 1.807) is 0 Å². The van der Waals surface area contributed by atoms with Gasteiger partial charge in [-0.15, -0.1) is 0 Å². The summed E-state index contributed by atoms with van der Waals surface area (Å²) in [5.74, 6) is -3.61. The van der Waals surface area contributed by atoms with E-state index in [-0.39, 0.29) is 6.42 Å². The van der Waals surface area contributed by atoms with Crippen LogP contribution in [-0.2, 0) is 10.0 Å². The minimum atomic E-state index is -2.87. The summed E-state index contributed by atoms with van der Waals surface area (Å²) in [5.41, 5.74) is 0. The van der Waals surface area contributed by atoms with Crippen molar-refractivity contribution in [1.29, 1.82) is 0 Å². The summed E-state index contributed by atoms with van der Waals surface area (Å²) >= 11 is 0. The Kier molecular flexibility index (Phi) is 3.58. The van der Waals surface area contributed by atoms with E-state index in [9.17, 15) is 13.0 Å². The topological polar surface area (TPSA) is 17.1 Å². The lowest BCUT2D eigenvalue weighted by Gasteiger charge is -2.09. The van der Waals surface area contributed by atoms with Crippen LogP contribution in [0.4, 0.5) is 8.78 Å². The fraction of sp³-hybridized carbons (Fsp3) is 1.00. The third-order valence-corrected chi connectivity index (χ3v) is 1.82. The molecule has 1 unspecified atom stereocenters. The minimum Gasteiger partial charge on any atom is -0.242 e. The van der Waals surface area contributed by atoms with Crippen molar-refractivity contribution in [2.45, 2.75) is 19.3 Å². The first-order valence-corrected chi connectivity index (χ1v) is 4.55. The molecule has 0 aromatic heterocycles. The highest BCUT2D eigenvalue weighted by Gasteiger charge is 2.28. The van der Waals surface area contributed by atoms with Crippen LogP contribution in [0.2, 0.25) is 0 Å². The molecule has 0 saturated carbocycles. The maximum Gasteiger partial charge on any atom is 0.260 e. The fourth-order valence-corrected chi connectivity index (χ4v) is 1.28. The molecule has 9 heavy (non-hydrogen) atoms. The van der Waals surface area contributed by atoms with Gasteiger partial charge in [0.15, 0.2) is 0 Å². The van der Waals surface area contributed by atoms with E-state index in [2.05, 4.69) is 0 Å². The molecule has 0 saturated heterocycles. The summed E-state index contributed by atoms with van der Waals surface area (Å²) in [6, 6.07) is 0. The highest BCUT2D eigenvalue weighted by atomic mass is 35.7. The van der Waals surface area contributed by atoms with E-state index in [1.807, 2.05) is 0 Å². The van der Waals surface area contributed by atoms with E-state index in [1.165, 1.54) is 6.92 Å². The van der Waals surface area contributed by atoms with Gasteiger partial charge in [0.1, 0.15) is 15.8 Å². The molecule has 0 rings (SSSR count). The smallest absolute Gasteiger partial charge is 0.242 e. The summed E-state index contributed by atoms with van der Waals surface area (Å²) in [4.78, 5) is 0. The first-order chi connectivity index (χ1) is 3.98. The van der Waals surface area contributed by atoms with E-state index in [0.29, 0.717) is 0 Å². The molecule has 0 aromatic carbocycles. The average molecular weight is 177 g/mol. The molecule has 0 fully saturated rings. The average Bonchev–Trinajstić information content (AvgIpc) is 1.63. The van der Waals surface area contributed by atoms with E-state index in [0.717, 1.165) is 0 Å². The summed E-state index contributed by atoms with van der Waals surface area (Å²) in [7, 11) is 2.92. The lowest BCUT2D eigenvalue weighted by Crippen LogP contribution is -2.21. The maximum atomic E-state index is 12.1. The molecule has 0 heterocycles. The van der Waals surface area contributed by atoms with Crippen molar-refractivity contribution in [2.75, 3.05) is 5.75 Å². The standard InChI is InChI=1S/C4H7ClF2OS/c1-2-4(6,7)3-9(5)8/h2-3H2,1H3. The van der Waals surface area contributed by atoms with Gasteiger partial charge >= 0.3 is 0 Å². The van der Waals surface area contributed by atoms with Gasteiger partial charge in [0, 0.05) is 6.42 Å². The number of rotatable bonds is 3. The molecule has 56 valence electrons. The highest BCUT2D eigenvalue weighted by molar-refractivity contribution is 8.08. The zero-order valence-corrected chi connectivity index (χ0v) is 6.44. The predicted octanol–water partition coefficient (Wildman–Crippen LogP) is 1.93. The summed E-state index contributed by atoms with van der Waals surface area (Å²) in [5, 5.41) is 0. The van der Waals surface area contributed by atoms with Crippen molar-refractivity contribution in [3.63, 3.8) is 0 Å². The molecule has 0 aliphatic carbocycles. The zero-order chi connectivity index (χ0) is 7.49. The van der Waals surface area contributed by atoms with E-state index >= 15 is 0 Å². The number of hydrogen-bond acceptors (Lipinski definition) is 1. The molecule has 0 aromatic rings. The van der Waals surface area contributed by atoms with Gasteiger partial charge in [-0.2, -0.15) is 0 Å². The van der Waals surface area contributed by atoms with E-state index in [4.69, 9.17) is 10.7 Å². The van der Waals surface area contributed by atoms with Crippen LogP contribution in [0.3, 0.4) is 0 Å². The molecule has 0 spiro atoms. The first kappa shape index (κ1) is 9.30. The second kappa shape index (κ2) is 3.46. The molecule has 0 amide bonds. The molecule has 0 bridgehead atoms. The van der Waals surface area contributed by atoms with Gasteiger partial charge in [-0.05, 0) is 10.7 Å². The summed E-state index contributed by atoms with van der Waals surface area (Å²) < 4.78 is 34.3. The Morgan fingerprint density at radius 2 is 2.11 bits per heavy atom. The Hall–Kier alpha value is 0.300. The van der Waals surface area contributed by atoms with Crippen molar-refractivity contribution < 1.29 is 13.0 Å². The Bertz CT molecular complexity index is 117. The molecule has 0 N–H and O–H groups in total. The van der Waals surface area contributed by atoms with Crippen LogP contribution in [0, 0.1) is 0 Å². The van der Waals surface area contributed by atoms with Gasteiger partial charge in [-0.3, -0.25) is 0 Å². The molecule has 0 aliphatic heterocycles. The second-order valence-electron chi connectivity index (χ2n) is 1.64. The first-order valence-electron chi connectivity index (χ1n) is 2.40. The normalized spacial score (nSPS) is 15.6. The van der Waals surface area contributed by atoms with Crippen LogP contribution in [0.5, 0.6) is 0 Å². The van der Waals surface area contributed by atoms with Crippen LogP contribution in [-0.4, -0.2) is 15.9 Å². The zero-order valence-electron chi connectivity index (χ0n) is 4.86. The van der Waals surface area contributed by atoms with Crippen LogP contribution < -0.4 is 0 Å². The largest absolute Gasteiger partial charge is 0.260 e. The van der Waals surface area contributed by atoms with E-state index < -0.39 is 21.7 Å². The Morgan fingerprint density at radius 3 is 2.22 bits per heavy atom. The lowest BCUT2D eigenvalue weighted by atomic mass is 10.3. The Morgan fingerprint density at radius 1 is 1.67 bits per heavy atom. The van der Waals surface area contributed by atoms with Crippen molar-refractivity contribution >= 4 is 20.7 Å². The number of halogens is 3. The Balaban J connectivity index is 3.71. The van der Waals surface area contributed by atoms with Gasteiger partial charge in [0.2, 0.25) is 0 Å². The van der Waals surface area contributed by atoms with Gasteiger partial charge in [-0.25, -0.2) is 13.0 Å². The summed E-state index contributed by atoms with van der Waals surface area (Å²) in [6.45, 7) is 1.32. The van der Waals surface area contributed by atoms with Crippen molar-refractivity contribution in [2.24, 2.45) is 0 Å². The molecule has 0 radical (unpaired) electrons. The van der Waals surface area contributed by atoms with Gasteiger partial charge in [0.25, 0.3) is 5.92 Å². The molecule has 1 atom stereocenters. The number of hydrogen-bond donors (Lipinski definition) is 0. The fourth-order valence-electron chi connectivity index (χ4n) is 0.268. The molecule has 1 nitrogen and oxygen atoms in total. The van der Waals surface area contributed by atoms with Crippen molar-refractivity contribution in [3.8, 4) is 0 Å². The van der Waals surface area contributed by atoms with Gasteiger partial charge in [-0.1, -0.05) is 6.92 Å². The maximum absolute atomic E-state index is 12.1. The lowest BCUT2D eigenvalue weighted by molar-refractivity contribution is 0.0230. The predicted molar refractivity (Wildman–Crippen MR) is 34.1 cm³/mol. The summed E-state index contributed by atoms with van der Waals surface area (Å²) in [6.07, 6.45) is -0.314. The number of alkyl halides is 2. The minimum absolute atomic E-state index is 0.314. The second-order valence-corrected chi connectivity index (χ2v) is 3.54. The SMILES string of the molecule is CCC(F)(F)CS(=O)Cl. The van der Waals surface area contributed by atoms with Gasteiger partial charge < -0.3 is 0 Å². The molecule has 5 heteroatoms. The van der Waals surface area contributed by atoms with Gasteiger partial charge in [0.05, 0.1) is 0 Å². The van der Waals surface area contributed by atoms with Crippen molar-refractivity contribution in [1.82, 2.24) is 0 Å². The molecular formula is C4H7ClF2OS. The molecule has 0 aliphatic rings. The van der Waals surface area contributed by atoms with Crippen LogP contribution >= 0.6 is 10.7 Å². The van der Waals surface area contributed by atoms with Crippen LogP contribution in [0.1, 0.15) is 13.3 Å². The quantitative estimate of drug-likeness (QED) is 0.601. The Labute approximate surface area is 59.3 Å². The third-order valence-electron chi connectivity index (χ3n) is 0.842.